The van der Waals surface area contributed by atoms with E-state index in [-0.39, 0.29) is 11.3 Å². The van der Waals surface area contributed by atoms with E-state index in [2.05, 4.69) is 43.0 Å². The van der Waals surface area contributed by atoms with E-state index in [4.69, 9.17) is 0 Å². The van der Waals surface area contributed by atoms with Gasteiger partial charge in [-0.05, 0) is 31.1 Å². The second-order valence-corrected chi connectivity index (χ2v) is 6.24. The van der Waals surface area contributed by atoms with Gasteiger partial charge in [0.25, 0.3) is 0 Å². The van der Waals surface area contributed by atoms with Crippen molar-refractivity contribution in [1.29, 1.82) is 0 Å². The minimum atomic E-state index is -0.272. The van der Waals surface area contributed by atoms with E-state index in [9.17, 15) is 4.79 Å². The van der Waals surface area contributed by atoms with E-state index < -0.39 is 0 Å². The van der Waals surface area contributed by atoms with Gasteiger partial charge in [-0.25, -0.2) is 0 Å². The summed E-state index contributed by atoms with van der Waals surface area (Å²) in [5.41, 5.74) is 4.00. The molecule has 2 aromatic carbocycles. The van der Waals surface area contributed by atoms with E-state index in [1.807, 2.05) is 43.5 Å². The summed E-state index contributed by atoms with van der Waals surface area (Å²) < 4.78 is 0. The standard InChI is InChI=1S/C20H21NO/c1-15-9-11-17(12-10-15)20(2)14-19(22)18(21(20)3)13-16-7-5-4-6-8-16/h4-13H,14H2,1-3H3/b18-13+/t20-/m0/s1. The Morgan fingerprint density at radius 2 is 1.68 bits per heavy atom. The van der Waals surface area contributed by atoms with E-state index in [0.29, 0.717) is 6.42 Å². The molecular weight excluding hydrogens is 270 g/mol. The predicted octanol–water partition coefficient (Wildman–Crippen LogP) is 4.16. The Morgan fingerprint density at radius 3 is 2.32 bits per heavy atom. The highest BCUT2D eigenvalue weighted by Gasteiger charge is 2.43. The average Bonchev–Trinajstić information content (AvgIpc) is 2.73. The van der Waals surface area contributed by atoms with E-state index in [0.717, 1.165) is 11.3 Å². The number of likely N-dealkylation sites (tertiary alicyclic amines) is 1. The summed E-state index contributed by atoms with van der Waals surface area (Å²) in [5, 5.41) is 0. The number of benzene rings is 2. The number of carbonyl (C=O) groups is 1. The minimum Gasteiger partial charge on any atom is -0.362 e. The molecule has 2 aromatic rings. The van der Waals surface area contributed by atoms with Crippen molar-refractivity contribution in [3.63, 3.8) is 0 Å². The summed E-state index contributed by atoms with van der Waals surface area (Å²) >= 11 is 0. The lowest BCUT2D eigenvalue weighted by molar-refractivity contribution is -0.114. The first kappa shape index (κ1) is 14.6. The van der Waals surface area contributed by atoms with Crippen molar-refractivity contribution in [2.24, 2.45) is 0 Å². The summed E-state index contributed by atoms with van der Waals surface area (Å²) in [6, 6.07) is 18.5. The number of allylic oxidation sites excluding steroid dienone is 1. The zero-order valence-corrected chi connectivity index (χ0v) is 13.3. The first-order valence-corrected chi connectivity index (χ1v) is 7.62. The van der Waals surface area contributed by atoms with Crippen molar-refractivity contribution in [1.82, 2.24) is 4.90 Å². The molecule has 22 heavy (non-hydrogen) atoms. The van der Waals surface area contributed by atoms with Gasteiger partial charge in [0.2, 0.25) is 0 Å². The average molecular weight is 291 g/mol. The smallest absolute Gasteiger partial charge is 0.181 e. The van der Waals surface area contributed by atoms with E-state index >= 15 is 0 Å². The lowest BCUT2D eigenvalue weighted by Crippen LogP contribution is -2.34. The fourth-order valence-electron chi connectivity index (χ4n) is 3.07. The van der Waals surface area contributed by atoms with Gasteiger partial charge in [0.1, 0.15) is 0 Å². The van der Waals surface area contributed by atoms with Gasteiger partial charge in [0.15, 0.2) is 5.78 Å². The largest absolute Gasteiger partial charge is 0.362 e. The summed E-state index contributed by atoms with van der Waals surface area (Å²) in [6.45, 7) is 4.22. The van der Waals surface area contributed by atoms with Crippen LogP contribution in [0, 0.1) is 6.92 Å². The molecular formula is C20H21NO. The van der Waals surface area contributed by atoms with Crippen molar-refractivity contribution in [2.75, 3.05) is 7.05 Å². The molecule has 0 spiro atoms. The maximum atomic E-state index is 12.5. The first-order valence-electron chi connectivity index (χ1n) is 7.62. The van der Waals surface area contributed by atoms with Gasteiger partial charge in [0.05, 0.1) is 11.2 Å². The van der Waals surface area contributed by atoms with Crippen LogP contribution < -0.4 is 0 Å². The highest BCUT2D eigenvalue weighted by Crippen LogP contribution is 2.41. The molecule has 0 aromatic heterocycles. The van der Waals surface area contributed by atoms with Gasteiger partial charge in [-0.1, -0.05) is 60.2 Å². The van der Waals surface area contributed by atoms with Crippen LogP contribution in [0.1, 0.15) is 30.0 Å². The molecule has 0 saturated carbocycles. The fourth-order valence-corrected chi connectivity index (χ4v) is 3.07. The summed E-state index contributed by atoms with van der Waals surface area (Å²) in [6.07, 6.45) is 2.51. The Morgan fingerprint density at radius 1 is 1.05 bits per heavy atom. The van der Waals surface area contributed by atoms with Crippen LogP contribution in [0.25, 0.3) is 6.08 Å². The van der Waals surface area contributed by atoms with Gasteiger partial charge in [-0.3, -0.25) is 4.79 Å². The van der Waals surface area contributed by atoms with Crippen LogP contribution in [0.5, 0.6) is 0 Å². The molecule has 0 unspecified atom stereocenters. The molecule has 2 nitrogen and oxygen atoms in total. The number of hydrogen-bond donors (Lipinski definition) is 0. The van der Waals surface area contributed by atoms with Gasteiger partial charge in [0, 0.05) is 13.5 Å². The lowest BCUT2D eigenvalue weighted by atomic mass is 9.89. The number of ketones is 1. The molecule has 0 bridgehead atoms. The van der Waals surface area contributed by atoms with Crippen LogP contribution in [0.4, 0.5) is 0 Å². The van der Waals surface area contributed by atoms with Gasteiger partial charge < -0.3 is 4.90 Å². The van der Waals surface area contributed by atoms with Crippen molar-refractivity contribution in [3.05, 3.63) is 77.0 Å². The third-order valence-electron chi connectivity index (χ3n) is 4.67. The Labute approximate surface area is 132 Å². The molecule has 112 valence electrons. The summed E-state index contributed by atoms with van der Waals surface area (Å²) in [5.74, 6) is 0.203. The van der Waals surface area contributed by atoms with Gasteiger partial charge >= 0.3 is 0 Å². The van der Waals surface area contributed by atoms with Crippen molar-refractivity contribution in [3.8, 4) is 0 Å². The third kappa shape index (κ3) is 2.45. The molecule has 3 rings (SSSR count). The predicted molar refractivity (Wildman–Crippen MR) is 90.3 cm³/mol. The number of carbonyl (C=O) groups excluding carboxylic acids is 1. The SMILES string of the molecule is Cc1ccc([C@]2(C)CC(=O)/C(=C\c3ccccc3)N2C)cc1. The van der Waals surface area contributed by atoms with E-state index in [1.54, 1.807) is 0 Å². The molecule has 0 radical (unpaired) electrons. The molecule has 2 heteroatoms. The second-order valence-electron chi connectivity index (χ2n) is 6.24. The topological polar surface area (TPSA) is 20.3 Å². The highest BCUT2D eigenvalue weighted by molar-refractivity contribution is 6.02. The zero-order chi connectivity index (χ0) is 15.7. The molecule has 1 heterocycles. The van der Waals surface area contributed by atoms with Crippen LogP contribution in [0.2, 0.25) is 0 Å². The normalized spacial score (nSPS) is 23.3. The lowest BCUT2D eigenvalue weighted by Gasteiger charge is -2.34. The van der Waals surface area contributed by atoms with Crippen LogP contribution in [-0.2, 0) is 10.3 Å². The molecule has 1 saturated heterocycles. The van der Waals surface area contributed by atoms with Crippen molar-refractivity contribution < 1.29 is 4.79 Å². The Balaban J connectivity index is 1.99. The van der Waals surface area contributed by atoms with Crippen LogP contribution in [0.3, 0.4) is 0 Å². The first-order chi connectivity index (χ1) is 10.5. The third-order valence-corrected chi connectivity index (χ3v) is 4.67. The van der Waals surface area contributed by atoms with E-state index in [1.165, 1.54) is 11.1 Å². The quantitative estimate of drug-likeness (QED) is 0.775. The molecule has 0 N–H and O–H groups in total. The summed E-state index contributed by atoms with van der Waals surface area (Å²) in [4.78, 5) is 14.7. The monoisotopic (exact) mass is 291 g/mol. The summed E-state index contributed by atoms with van der Waals surface area (Å²) in [7, 11) is 2.01. The highest BCUT2D eigenvalue weighted by atomic mass is 16.1. The second kappa shape index (κ2) is 5.45. The Kier molecular flexibility index (Phi) is 3.61. The number of nitrogens with zero attached hydrogens (tertiary/aromatic N) is 1. The number of aryl methyl sites for hydroxylation is 1. The molecule has 0 aliphatic carbocycles. The number of likely N-dealkylation sites (N-methyl/N-ethyl adjacent to an activating group) is 1. The van der Waals surface area contributed by atoms with Gasteiger partial charge in [-0.15, -0.1) is 0 Å². The van der Waals surface area contributed by atoms with Crippen LogP contribution >= 0.6 is 0 Å². The number of rotatable bonds is 2. The molecule has 1 aliphatic rings. The van der Waals surface area contributed by atoms with Crippen molar-refractivity contribution in [2.45, 2.75) is 25.8 Å². The van der Waals surface area contributed by atoms with Crippen LogP contribution in [-0.4, -0.2) is 17.7 Å². The fraction of sp³-hybridized carbons (Fsp3) is 0.250. The minimum absolute atomic E-state index is 0.203. The maximum Gasteiger partial charge on any atom is 0.181 e. The molecule has 1 atom stereocenters. The van der Waals surface area contributed by atoms with Crippen LogP contribution in [0.15, 0.2) is 60.3 Å². The molecule has 1 aliphatic heterocycles. The Hall–Kier alpha value is -2.35. The number of Topliss-reactive ketones (excluding diaryl/α,β-unsaturated/α-hetero) is 1. The molecule has 1 fully saturated rings. The maximum absolute atomic E-state index is 12.5. The van der Waals surface area contributed by atoms with Gasteiger partial charge in [-0.2, -0.15) is 0 Å². The number of hydrogen-bond acceptors (Lipinski definition) is 2. The Bertz CT molecular complexity index is 715. The zero-order valence-electron chi connectivity index (χ0n) is 13.3. The van der Waals surface area contributed by atoms with Crippen molar-refractivity contribution >= 4 is 11.9 Å². The molecule has 0 amide bonds.